The lowest BCUT2D eigenvalue weighted by molar-refractivity contribution is -0.127. The molecule has 0 saturated carbocycles. The van der Waals surface area contributed by atoms with Gasteiger partial charge in [0.15, 0.2) is 0 Å². The van der Waals surface area contributed by atoms with Gasteiger partial charge in [0.2, 0.25) is 5.91 Å². The number of carbonyl (C=O) groups is 2. The standard InChI is InChI=1S/C16H30N2O3/c1-11(2)12(3)17-14(19)13-7-9-18(10-8-13)15(20)21-16(4,5)6/h11-13H,7-10H2,1-6H3,(H,17,19). The Morgan fingerprint density at radius 2 is 1.67 bits per heavy atom. The average molecular weight is 298 g/mol. The highest BCUT2D eigenvalue weighted by Crippen LogP contribution is 2.20. The van der Waals surface area contributed by atoms with Crippen LogP contribution in [0.5, 0.6) is 0 Å². The van der Waals surface area contributed by atoms with Crippen molar-refractivity contribution >= 4 is 12.0 Å². The van der Waals surface area contributed by atoms with Crippen molar-refractivity contribution in [3.63, 3.8) is 0 Å². The first-order valence-electron chi connectivity index (χ1n) is 7.88. The van der Waals surface area contributed by atoms with E-state index in [1.54, 1.807) is 4.90 Å². The Balaban J connectivity index is 2.41. The molecule has 0 aliphatic carbocycles. The van der Waals surface area contributed by atoms with E-state index in [0.29, 0.717) is 31.8 Å². The van der Waals surface area contributed by atoms with Crippen LogP contribution in [-0.4, -0.2) is 41.6 Å². The van der Waals surface area contributed by atoms with Gasteiger partial charge in [-0.2, -0.15) is 0 Å². The van der Waals surface area contributed by atoms with Crippen LogP contribution in [0.15, 0.2) is 0 Å². The summed E-state index contributed by atoms with van der Waals surface area (Å²) in [5.41, 5.74) is -0.474. The van der Waals surface area contributed by atoms with E-state index in [9.17, 15) is 9.59 Å². The molecule has 1 rings (SSSR count). The Morgan fingerprint density at radius 1 is 1.14 bits per heavy atom. The van der Waals surface area contributed by atoms with E-state index < -0.39 is 5.60 Å². The highest BCUT2D eigenvalue weighted by Gasteiger charge is 2.30. The highest BCUT2D eigenvalue weighted by molar-refractivity contribution is 5.79. The van der Waals surface area contributed by atoms with Crippen molar-refractivity contribution in [2.24, 2.45) is 11.8 Å². The Labute approximate surface area is 128 Å². The second-order valence-corrected chi connectivity index (χ2v) is 7.28. The Bertz CT molecular complexity index is 366. The molecule has 0 aromatic carbocycles. The molecule has 0 aromatic heterocycles. The van der Waals surface area contributed by atoms with Gasteiger partial charge in [0.25, 0.3) is 0 Å². The van der Waals surface area contributed by atoms with Crippen molar-refractivity contribution in [3.8, 4) is 0 Å². The summed E-state index contributed by atoms with van der Waals surface area (Å²) in [5, 5.41) is 3.06. The first-order valence-corrected chi connectivity index (χ1v) is 7.88. The van der Waals surface area contributed by atoms with Crippen LogP contribution in [0.2, 0.25) is 0 Å². The van der Waals surface area contributed by atoms with Crippen LogP contribution in [-0.2, 0) is 9.53 Å². The van der Waals surface area contributed by atoms with Gasteiger partial charge in [-0.25, -0.2) is 4.79 Å². The van der Waals surface area contributed by atoms with Gasteiger partial charge >= 0.3 is 6.09 Å². The zero-order chi connectivity index (χ0) is 16.2. The van der Waals surface area contributed by atoms with Gasteiger partial charge in [0.05, 0.1) is 0 Å². The molecule has 5 heteroatoms. The van der Waals surface area contributed by atoms with E-state index in [1.165, 1.54) is 0 Å². The van der Waals surface area contributed by atoms with E-state index in [4.69, 9.17) is 4.74 Å². The van der Waals surface area contributed by atoms with E-state index in [-0.39, 0.29) is 24.0 Å². The molecule has 1 atom stereocenters. The Hall–Kier alpha value is -1.26. The largest absolute Gasteiger partial charge is 0.444 e. The molecule has 2 amide bonds. The molecule has 0 radical (unpaired) electrons. The minimum Gasteiger partial charge on any atom is -0.444 e. The van der Waals surface area contributed by atoms with E-state index in [2.05, 4.69) is 19.2 Å². The van der Waals surface area contributed by atoms with Crippen LogP contribution < -0.4 is 5.32 Å². The molecule has 1 heterocycles. The van der Waals surface area contributed by atoms with Crippen LogP contribution in [0.25, 0.3) is 0 Å². The monoisotopic (exact) mass is 298 g/mol. The third kappa shape index (κ3) is 5.94. The molecule has 21 heavy (non-hydrogen) atoms. The van der Waals surface area contributed by atoms with Gasteiger partial charge in [-0.1, -0.05) is 13.8 Å². The third-order valence-corrected chi connectivity index (χ3v) is 3.89. The van der Waals surface area contributed by atoms with E-state index in [1.807, 2.05) is 27.7 Å². The fourth-order valence-corrected chi connectivity index (χ4v) is 2.16. The molecule has 1 fully saturated rings. The fourth-order valence-electron chi connectivity index (χ4n) is 2.16. The topological polar surface area (TPSA) is 58.6 Å². The average Bonchev–Trinajstić information content (AvgIpc) is 2.36. The number of hydrogen-bond donors (Lipinski definition) is 1. The molecule has 1 unspecified atom stereocenters. The predicted octanol–water partition coefficient (Wildman–Crippen LogP) is 2.79. The molecule has 1 aliphatic heterocycles. The first-order chi connectivity index (χ1) is 9.60. The summed E-state index contributed by atoms with van der Waals surface area (Å²) in [4.78, 5) is 25.8. The minimum atomic E-state index is -0.474. The molecule has 0 spiro atoms. The molecule has 1 aliphatic rings. The lowest BCUT2D eigenvalue weighted by Gasteiger charge is -2.33. The number of carbonyl (C=O) groups excluding carboxylic acids is 2. The lowest BCUT2D eigenvalue weighted by atomic mass is 9.95. The van der Waals surface area contributed by atoms with Crippen molar-refractivity contribution < 1.29 is 14.3 Å². The molecular formula is C16H30N2O3. The number of nitrogens with one attached hydrogen (secondary N) is 1. The van der Waals surface area contributed by atoms with Crippen LogP contribution in [0.1, 0.15) is 54.4 Å². The van der Waals surface area contributed by atoms with Gasteiger partial charge in [-0.05, 0) is 46.5 Å². The van der Waals surface area contributed by atoms with Crippen LogP contribution in [0, 0.1) is 11.8 Å². The number of hydrogen-bond acceptors (Lipinski definition) is 3. The zero-order valence-electron chi connectivity index (χ0n) is 14.2. The third-order valence-electron chi connectivity index (χ3n) is 3.89. The summed E-state index contributed by atoms with van der Waals surface area (Å²) in [6.07, 6.45) is 1.13. The molecule has 122 valence electrons. The Morgan fingerprint density at radius 3 is 2.10 bits per heavy atom. The number of likely N-dealkylation sites (tertiary alicyclic amines) is 1. The first kappa shape index (κ1) is 17.8. The number of piperidine rings is 1. The predicted molar refractivity (Wildman–Crippen MR) is 83.0 cm³/mol. The van der Waals surface area contributed by atoms with Crippen molar-refractivity contribution in [1.29, 1.82) is 0 Å². The SMILES string of the molecule is CC(C)C(C)NC(=O)C1CCN(C(=O)OC(C)(C)C)CC1. The minimum absolute atomic E-state index is 0.00452. The quantitative estimate of drug-likeness (QED) is 0.871. The zero-order valence-corrected chi connectivity index (χ0v) is 14.2. The summed E-state index contributed by atoms with van der Waals surface area (Å²) in [6.45, 7) is 13.0. The number of amides is 2. The second kappa shape index (κ2) is 7.14. The van der Waals surface area contributed by atoms with Gasteiger partial charge in [-0.15, -0.1) is 0 Å². The summed E-state index contributed by atoms with van der Waals surface area (Å²) in [7, 11) is 0. The second-order valence-electron chi connectivity index (χ2n) is 7.28. The van der Waals surface area contributed by atoms with Crippen molar-refractivity contribution in [2.45, 2.75) is 66.0 Å². The van der Waals surface area contributed by atoms with Crippen molar-refractivity contribution in [3.05, 3.63) is 0 Å². The van der Waals surface area contributed by atoms with Gasteiger partial charge in [0.1, 0.15) is 5.60 Å². The smallest absolute Gasteiger partial charge is 0.410 e. The van der Waals surface area contributed by atoms with Crippen LogP contribution >= 0.6 is 0 Å². The van der Waals surface area contributed by atoms with Gasteiger partial charge in [0, 0.05) is 25.0 Å². The maximum absolute atomic E-state index is 12.2. The number of ether oxygens (including phenoxy) is 1. The molecule has 0 aromatic rings. The summed E-state index contributed by atoms with van der Waals surface area (Å²) in [6, 6.07) is 0.182. The molecule has 0 bridgehead atoms. The number of rotatable bonds is 3. The number of nitrogens with zero attached hydrogens (tertiary/aromatic N) is 1. The maximum atomic E-state index is 12.2. The summed E-state index contributed by atoms with van der Waals surface area (Å²) < 4.78 is 5.36. The molecule has 5 nitrogen and oxygen atoms in total. The van der Waals surface area contributed by atoms with Crippen molar-refractivity contribution in [1.82, 2.24) is 10.2 Å². The molecule has 1 N–H and O–H groups in total. The van der Waals surface area contributed by atoms with Crippen LogP contribution in [0.4, 0.5) is 4.79 Å². The van der Waals surface area contributed by atoms with Crippen molar-refractivity contribution in [2.75, 3.05) is 13.1 Å². The van der Waals surface area contributed by atoms with Crippen LogP contribution in [0.3, 0.4) is 0 Å². The van der Waals surface area contributed by atoms with E-state index in [0.717, 1.165) is 0 Å². The molecule has 1 saturated heterocycles. The Kier molecular flexibility index (Phi) is 6.05. The van der Waals surface area contributed by atoms with Gasteiger partial charge < -0.3 is 15.0 Å². The molecular weight excluding hydrogens is 268 g/mol. The lowest BCUT2D eigenvalue weighted by Crippen LogP contribution is -2.46. The highest BCUT2D eigenvalue weighted by atomic mass is 16.6. The fraction of sp³-hybridized carbons (Fsp3) is 0.875. The summed E-state index contributed by atoms with van der Waals surface area (Å²) >= 11 is 0. The normalized spacial score (nSPS) is 18.5. The summed E-state index contributed by atoms with van der Waals surface area (Å²) in [5.74, 6) is 0.542. The van der Waals surface area contributed by atoms with Gasteiger partial charge in [-0.3, -0.25) is 4.79 Å². The van der Waals surface area contributed by atoms with E-state index >= 15 is 0 Å². The maximum Gasteiger partial charge on any atom is 0.410 e.